The minimum absolute atomic E-state index is 0.269. The molecule has 2 aliphatic rings. The monoisotopic (exact) mass is 373 g/mol. The van der Waals surface area contributed by atoms with Gasteiger partial charge in [0.15, 0.2) is 0 Å². The minimum atomic E-state index is -0.359. The Morgan fingerprint density at radius 1 is 1.12 bits per heavy atom. The molecule has 0 bridgehead atoms. The van der Waals surface area contributed by atoms with Crippen molar-refractivity contribution in [3.8, 4) is 11.3 Å². The van der Waals surface area contributed by atoms with Crippen molar-refractivity contribution in [1.29, 1.82) is 0 Å². The number of imidazole rings is 1. The third-order valence-corrected chi connectivity index (χ3v) is 6.05. The first-order valence-corrected chi connectivity index (χ1v) is 9.59. The summed E-state index contributed by atoms with van der Waals surface area (Å²) < 4.78 is 12.2. The summed E-state index contributed by atoms with van der Waals surface area (Å²) in [6.07, 6.45) is 2.26. The fraction of sp³-hybridized carbons (Fsp3) is 0.526. The Balaban J connectivity index is 1.55. The number of hydrogen-bond acceptors (Lipinski definition) is 4. The van der Waals surface area contributed by atoms with Crippen molar-refractivity contribution in [1.82, 2.24) is 15.3 Å². The molecule has 0 radical (unpaired) electrons. The maximum Gasteiger partial charge on any atom is 0.494 e. The van der Waals surface area contributed by atoms with Crippen molar-refractivity contribution in [3.63, 3.8) is 0 Å². The second kappa shape index (κ2) is 6.38. The van der Waals surface area contributed by atoms with Gasteiger partial charge in [-0.3, -0.25) is 0 Å². The quantitative estimate of drug-likeness (QED) is 0.809. The van der Waals surface area contributed by atoms with Gasteiger partial charge in [-0.1, -0.05) is 35.9 Å². The highest BCUT2D eigenvalue weighted by atomic mass is 35.5. The topological polar surface area (TPSA) is 59.2 Å². The first-order valence-electron chi connectivity index (χ1n) is 9.22. The van der Waals surface area contributed by atoms with Gasteiger partial charge < -0.3 is 19.6 Å². The molecule has 2 N–H and O–H groups in total. The van der Waals surface area contributed by atoms with Gasteiger partial charge >= 0.3 is 7.12 Å². The van der Waals surface area contributed by atoms with Crippen LogP contribution in [0, 0.1) is 0 Å². The van der Waals surface area contributed by atoms with Crippen LogP contribution in [-0.4, -0.2) is 34.8 Å². The normalized spacial score (nSPS) is 24.3. The molecule has 0 spiro atoms. The van der Waals surface area contributed by atoms with E-state index in [2.05, 4.69) is 38.0 Å². The molecular formula is C19H25BClN3O2. The molecule has 7 heteroatoms. The van der Waals surface area contributed by atoms with Crippen LogP contribution in [0.2, 0.25) is 5.15 Å². The highest BCUT2D eigenvalue weighted by Gasteiger charge is 2.51. The van der Waals surface area contributed by atoms with Gasteiger partial charge in [-0.25, -0.2) is 4.98 Å². The standard InChI is InChI=1S/C19H25BClN3O2/c1-18(2)19(3,4)26-20(25-18)13-9-7-12(8-10-13)15-16(21)24-17(23-15)14-6-5-11-22-14/h7-10,14,22H,5-6,11H2,1-4H3,(H,23,24)/t14-/m0/s1. The van der Waals surface area contributed by atoms with Gasteiger partial charge in [-0.05, 0) is 52.5 Å². The molecule has 1 atom stereocenters. The molecule has 3 heterocycles. The van der Waals surface area contributed by atoms with Gasteiger partial charge in [0.25, 0.3) is 0 Å². The summed E-state index contributed by atoms with van der Waals surface area (Å²) in [5, 5.41) is 4.02. The van der Waals surface area contributed by atoms with Crippen LogP contribution in [0.3, 0.4) is 0 Å². The maximum absolute atomic E-state index is 6.40. The van der Waals surface area contributed by atoms with Crippen molar-refractivity contribution in [2.45, 2.75) is 57.8 Å². The Bertz CT molecular complexity index is 782. The van der Waals surface area contributed by atoms with E-state index in [1.807, 2.05) is 24.3 Å². The minimum Gasteiger partial charge on any atom is -0.399 e. The molecule has 2 saturated heterocycles. The van der Waals surface area contributed by atoms with E-state index in [4.69, 9.17) is 25.9 Å². The van der Waals surface area contributed by atoms with Gasteiger partial charge in [0, 0.05) is 5.56 Å². The number of hydrogen-bond donors (Lipinski definition) is 2. The number of nitrogens with one attached hydrogen (secondary N) is 2. The second-order valence-electron chi connectivity index (χ2n) is 8.14. The van der Waals surface area contributed by atoms with Gasteiger partial charge in [-0.15, -0.1) is 0 Å². The van der Waals surface area contributed by atoms with Gasteiger partial charge in [0.2, 0.25) is 0 Å². The van der Waals surface area contributed by atoms with Crippen LogP contribution < -0.4 is 10.8 Å². The van der Waals surface area contributed by atoms with E-state index in [0.717, 1.165) is 35.5 Å². The van der Waals surface area contributed by atoms with Crippen molar-refractivity contribution in [3.05, 3.63) is 35.2 Å². The maximum atomic E-state index is 6.40. The zero-order valence-corrected chi connectivity index (χ0v) is 16.5. The Hall–Kier alpha value is -1.34. The first kappa shape index (κ1) is 18.0. The number of benzene rings is 1. The summed E-state index contributed by atoms with van der Waals surface area (Å²) in [5.74, 6) is 0.914. The smallest absolute Gasteiger partial charge is 0.399 e. The Morgan fingerprint density at radius 2 is 1.77 bits per heavy atom. The summed E-state index contributed by atoms with van der Waals surface area (Å²) >= 11 is 6.40. The summed E-state index contributed by atoms with van der Waals surface area (Å²) in [5.41, 5.74) is 2.08. The predicted octanol–water partition coefficient (Wildman–Crippen LogP) is 3.45. The lowest BCUT2D eigenvalue weighted by atomic mass is 9.79. The fourth-order valence-corrected chi connectivity index (χ4v) is 3.67. The Morgan fingerprint density at radius 3 is 2.35 bits per heavy atom. The molecule has 26 heavy (non-hydrogen) atoms. The molecule has 0 amide bonds. The third-order valence-electron chi connectivity index (χ3n) is 5.78. The molecule has 0 unspecified atom stereocenters. The molecule has 2 aliphatic heterocycles. The number of rotatable bonds is 3. The number of nitrogens with zero attached hydrogens (tertiary/aromatic N) is 1. The Kier molecular flexibility index (Phi) is 4.43. The number of H-pyrrole nitrogens is 1. The summed E-state index contributed by atoms with van der Waals surface area (Å²) in [6.45, 7) is 9.26. The van der Waals surface area contributed by atoms with Crippen molar-refractivity contribution in [2.24, 2.45) is 0 Å². The summed E-state index contributed by atoms with van der Waals surface area (Å²) in [4.78, 5) is 7.94. The van der Waals surface area contributed by atoms with Gasteiger partial charge in [0.05, 0.1) is 17.2 Å². The zero-order chi connectivity index (χ0) is 18.5. The Labute approximate surface area is 160 Å². The molecule has 2 fully saturated rings. The highest BCUT2D eigenvalue weighted by molar-refractivity contribution is 6.62. The van der Waals surface area contributed by atoms with E-state index in [1.165, 1.54) is 6.42 Å². The molecule has 138 valence electrons. The summed E-state index contributed by atoms with van der Waals surface area (Å²) in [6, 6.07) is 8.36. The predicted molar refractivity (Wildman–Crippen MR) is 105 cm³/mol. The van der Waals surface area contributed by atoms with E-state index in [0.29, 0.717) is 5.15 Å². The van der Waals surface area contributed by atoms with Crippen LogP contribution in [-0.2, 0) is 9.31 Å². The second-order valence-corrected chi connectivity index (χ2v) is 8.52. The average molecular weight is 374 g/mol. The van der Waals surface area contributed by atoms with Crippen LogP contribution in [0.4, 0.5) is 0 Å². The molecular weight excluding hydrogens is 348 g/mol. The molecule has 0 saturated carbocycles. The number of aromatic amines is 1. The molecule has 4 rings (SSSR count). The molecule has 5 nitrogen and oxygen atoms in total. The van der Waals surface area contributed by atoms with Crippen molar-refractivity contribution < 1.29 is 9.31 Å². The molecule has 1 aromatic heterocycles. The lowest BCUT2D eigenvalue weighted by Crippen LogP contribution is -2.41. The summed E-state index contributed by atoms with van der Waals surface area (Å²) in [7, 11) is -0.359. The van der Waals surface area contributed by atoms with Gasteiger partial charge in [0.1, 0.15) is 16.7 Å². The lowest BCUT2D eigenvalue weighted by Gasteiger charge is -2.32. The fourth-order valence-electron chi connectivity index (χ4n) is 3.42. The van der Waals surface area contributed by atoms with Crippen LogP contribution in [0.5, 0.6) is 0 Å². The third kappa shape index (κ3) is 3.09. The van der Waals surface area contributed by atoms with Crippen LogP contribution >= 0.6 is 11.6 Å². The van der Waals surface area contributed by atoms with Crippen molar-refractivity contribution in [2.75, 3.05) is 6.54 Å². The van der Waals surface area contributed by atoms with E-state index in [-0.39, 0.29) is 24.4 Å². The molecule has 0 aliphatic carbocycles. The number of halogens is 1. The van der Waals surface area contributed by atoms with Crippen LogP contribution in [0.25, 0.3) is 11.3 Å². The SMILES string of the molecule is CC1(C)OB(c2ccc(-c3nc([C@@H]4CCCN4)[nH]c3Cl)cc2)OC1(C)C. The van der Waals surface area contributed by atoms with E-state index in [9.17, 15) is 0 Å². The van der Waals surface area contributed by atoms with Crippen molar-refractivity contribution >= 4 is 24.2 Å². The first-order chi connectivity index (χ1) is 12.3. The van der Waals surface area contributed by atoms with Crippen LogP contribution in [0.15, 0.2) is 24.3 Å². The lowest BCUT2D eigenvalue weighted by molar-refractivity contribution is 0.00578. The number of aromatic nitrogens is 2. The van der Waals surface area contributed by atoms with E-state index < -0.39 is 0 Å². The largest absolute Gasteiger partial charge is 0.494 e. The van der Waals surface area contributed by atoms with Gasteiger partial charge in [-0.2, -0.15) is 0 Å². The highest BCUT2D eigenvalue weighted by Crippen LogP contribution is 2.36. The van der Waals surface area contributed by atoms with E-state index >= 15 is 0 Å². The van der Waals surface area contributed by atoms with Crippen LogP contribution in [0.1, 0.15) is 52.4 Å². The average Bonchev–Trinajstić information content (AvgIpc) is 3.27. The zero-order valence-electron chi connectivity index (χ0n) is 15.7. The van der Waals surface area contributed by atoms with E-state index in [1.54, 1.807) is 0 Å². The molecule has 2 aromatic rings. The molecule has 1 aromatic carbocycles.